The van der Waals surface area contributed by atoms with Crippen LogP contribution in [0.3, 0.4) is 0 Å². The lowest BCUT2D eigenvalue weighted by molar-refractivity contribution is 0.167. The van der Waals surface area contributed by atoms with Crippen molar-refractivity contribution in [3.05, 3.63) is 18.2 Å². The molecule has 5 heteroatoms. The van der Waals surface area contributed by atoms with Crippen LogP contribution >= 0.6 is 11.8 Å². The molecular weight excluding hydrogens is 286 g/mol. The summed E-state index contributed by atoms with van der Waals surface area (Å²) in [7, 11) is 0. The van der Waals surface area contributed by atoms with E-state index in [0.717, 1.165) is 36.6 Å². The van der Waals surface area contributed by atoms with Gasteiger partial charge in [-0.2, -0.15) is 0 Å². The Kier molecular flexibility index (Phi) is 6.21. The van der Waals surface area contributed by atoms with E-state index in [9.17, 15) is 5.11 Å². The quantitative estimate of drug-likeness (QED) is 0.571. The summed E-state index contributed by atoms with van der Waals surface area (Å²) in [6.07, 6.45) is 2.03. The maximum absolute atomic E-state index is 9.47. The van der Waals surface area contributed by atoms with Crippen molar-refractivity contribution in [3.8, 4) is 11.5 Å². The zero-order valence-corrected chi connectivity index (χ0v) is 13.7. The number of aliphatic hydroxyl groups excluding tert-OH is 1. The van der Waals surface area contributed by atoms with Crippen molar-refractivity contribution in [2.75, 3.05) is 32.1 Å². The largest absolute Gasteiger partial charge is 0.486 e. The van der Waals surface area contributed by atoms with Gasteiger partial charge in [-0.3, -0.25) is 0 Å². The highest BCUT2D eigenvalue weighted by atomic mass is 32.2. The molecule has 0 fully saturated rings. The smallest absolute Gasteiger partial charge is 0.162 e. The van der Waals surface area contributed by atoms with E-state index in [4.69, 9.17) is 9.47 Å². The Bertz CT molecular complexity index is 455. The first-order valence-corrected chi connectivity index (χ1v) is 8.54. The van der Waals surface area contributed by atoms with E-state index in [2.05, 4.69) is 31.3 Å². The summed E-state index contributed by atoms with van der Waals surface area (Å²) in [6.45, 7) is 6.45. The van der Waals surface area contributed by atoms with Crippen molar-refractivity contribution in [2.24, 2.45) is 0 Å². The minimum Gasteiger partial charge on any atom is -0.486 e. The highest BCUT2D eigenvalue weighted by molar-refractivity contribution is 7.99. The average molecular weight is 311 g/mol. The topological polar surface area (TPSA) is 50.7 Å². The molecule has 1 aliphatic rings. The molecule has 2 N–H and O–H groups in total. The summed E-state index contributed by atoms with van der Waals surface area (Å²) in [5.41, 5.74) is -0.165. The van der Waals surface area contributed by atoms with Crippen LogP contribution in [0.5, 0.6) is 11.5 Å². The average Bonchev–Trinajstić information content (AvgIpc) is 2.52. The molecule has 0 spiro atoms. The zero-order chi connectivity index (χ0) is 15.1. The Morgan fingerprint density at radius 1 is 1.29 bits per heavy atom. The highest BCUT2D eigenvalue weighted by Crippen LogP contribution is 2.34. The van der Waals surface area contributed by atoms with Crippen LogP contribution in [0.2, 0.25) is 0 Å². The third-order valence-electron chi connectivity index (χ3n) is 3.61. The summed E-state index contributed by atoms with van der Waals surface area (Å²) in [6, 6.07) is 6.11. The SMILES string of the molecule is CCNC(C)(CO)CCCSc1ccc2c(c1)OCCO2. The molecule has 1 aromatic carbocycles. The number of aliphatic hydroxyl groups is 1. The fourth-order valence-electron chi connectivity index (χ4n) is 2.42. The number of likely N-dealkylation sites (N-methyl/N-ethyl adjacent to an activating group) is 1. The Labute approximate surface area is 131 Å². The van der Waals surface area contributed by atoms with Gasteiger partial charge in [0, 0.05) is 10.4 Å². The van der Waals surface area contributed by atoms with Crippen LogP contribution in [0.25, 0.3) is 0 Å². The molecule has 1 heterocycles. The van der Waals surface area contributed by atoms with E-state index in [1.165, 1.54) is 4.90 Å². The molecular formula is C16H25NO3S. The normalized spacial score (nSPS) is 16.5. The van der Waals surface area contributed by atoms with Gasteiger partial charge in [0.15, 0.2) is 11.5 Å². The predicted molar refractivity (Wildman–Crippen MR) is 86.6 cm³/mol. The number of ether oxygens (including phenoxy) is 2. The van der Waals surface area contributed by atoms with Gasteiger partial charge in [0.1, 0.15) is 13.2 Å². The molecule has 0 aliphatic carbocycles. The van der Waals surface area contributed by atoms with Crippen molar-refractivity contribution in [2.45, 2.75) is 37.1 Å². The van der Waals surface area contributed by atoms with Gasteiger partial charge >= 0.3 is 0 Å². The van der Waals surface area contributed by atoms with Crippen LogP contribution in [-0.4, -0.2) is 42.8 Å². The van der Waals surface area contributed by atoms with Gasteiger partial charge in [-0.25, -0.2) is 0 Å². The predicted octanol–water partition coefficient (Wildman–Crippen LogP) is 2.69. The number of nitrogens with one attached hydrogen (secondary N) is 1. The molecule has 0 saturated carbocycles. The first kappa shape index (κ1) is 16.5. The molecule has 0 radical (unpaired) electrons. The summed E-state index contributed by atoms with van der Waals surface area (Å²) in [5, 5.41) is 12.8. The number of thioether (sulfide) groups is 1. The van der Waals surface area contributed by atoms with E-state index in [-0.39, 0.29) is 12.1 Å². The summed E-state index contributed by atoms with van der Waals surface area (Å²) in [5.74, 6) is 2.71. The van der Waals surface area contributed by atoms with Gasteiger partial charge in [0.25, 0.3) is 0 Å². The molecule has 4 nitrogen and oxygen atoms in total. The molecule has 1 atom stereocenters. The second kappa shape index (κ2) is 7.92. The first-order valence-electron chi connectivity index (χ1n) is 7.55. The van der Waals surface area contributed by atoms with E-state index in [1.54, 1.807) is 0 Å². The first-order chi connectivity index (χ1) is 10.2. The van der Waals surface area contributed by atoms with E-state index in [1.807, 2.05) is 17.8 Å². The summed E-state index contributed by atoms with van der Waals surface area (Å²) in [4.78, 5) is 1.20. The third-order valence-corrected chi connectivity index (χ3v) is 4.69. The number of rotatable bonds is 8. The van der Waals surface area contributed by atoms with Gasteiger partial charge in [0.05, 0.1) is 6.61 Å². The van der Waals surface area contributed by atoms with Crippen LogP contribution < -0.4 is 14.8 Å². The van der Waals surface area contributed by atoms with Crippen molar-refractivity contribution in [3.63, 3.8) is 0 Å². The second-order valence-corrected chi connectivity index (χ2v) is 6.67. The Hall–Kier alpha value is -0.910. The summed E-state index contributed by atoms with van der Waals surface area (Å²) >= 11 is 1.82. The van der Waals surface area contributed by atoms with Crippen LogP contribution in [0, 0.1) is 0 Å². The number of hydrogen-bond acceptors (Lipinski definition) is 5. The Morgan fingerprint density at radius 3 is 2.76 bits per heavy atom. The zero-order valence-electron chi connectivity index (χ0n) is 12.9. The van der Waals surface area contributed by atoms with Gasteiger partial charge in [-0.15, -0.1) is 11.8 Å². The molecule has 0 amide bonds. The fourth-order valence-corrected chi connectivity index (χ4v) is 3.29. The molecule has 1 unspecified atom stereocenters. The van der Waals surface area contributed by atoms with Crippen molar-refractivity contribution in [1.82, 2.24) is 5.32 Å². The van der Waals surface area contributed by atoms with E-state index >= 15 is 0 Å². The Balaban J connectivity index is 1.78. The molecule has 118 valence electrons. The minimum atomic E-state index is -0.165. The number of hydrogen-bond donors (Lipinski definition) is 2. The fraction of sp³-hybridized carbons (Fsp3) is 0.625. The van der Waals surface area contributed by atoms with Crippen LogP contribution in [0.4, 0.5) is 0 Å². The van der Waals surface area contributed by atoms with E-state index < -0.39 is 0 Å². The Morgan fingerprint density at radius 2 is 2.05 bits per heavy atom. The van der Waals surface area contributed by atoms with Crippen LogP contribution in [0.15, 0.2) is 23.1 Å². The third kappa shape index (κ3) is 4.80. The molecule has 0 aromatic heterocycles. The molecule has 0 bridgehead atoms. The van der Waals surface area contributed by atoms with Crippen LogP contribution in [-0.2, 0) is 0 Å². The highest BCUT2D eigenvalue weighted by Gasteiger charge is 2.21. The van der Waals surface area contributed by atoms with Gasteiger partial charge in [-0.05, 0) is 50.3 Å². The van der Waals surface area contributed by atoms with Gasteiger partial charge in [-0.1, -0.05) is 6.92 Å². The second-order valence-electron chi connectivity index (χ2n) is 5.51. The molecule has 21 heavy (non-hydrogen) atoms. The number of fused-ring (bicyclic) bond motifs is 1. The van der Waals surface area contributed by atoms with E-state index in [0.29, 0.717) is 13.2 Å². The van der Waals surface area contributed by atoms with Gasteiger partial charge in [0.2, 0.25) is 0 Å². The van der Waals surface area contributed by atoms with Crippen molar-refractivity contribution < 1.29 is 14.6 Å². The lowest BCUT2D eigenvalue weighted by Gasteiger charge is -2.28. The number of benzene rings is 1. The van der Waals surface area contributed by atoms with Crippen molar-refractivity contribution >= 4 is 11.8 Å². The summed E-state index contributed by atoms with van der Waals surface area (Å²) < 4.78 is 11.1. The monoisotopic (exact) mass is 311 g/mol. The molecule has 1 aliphatic heterocycles. The standard InChI is InChI=1S/C16H25NO3S/c1-3-17-16(2,12-18)7-4-10-21-13-5-6-14-15(11-13)20-9-8-19-14/h5-6,11,17-18H,3-4,7-10,12H2,1-2H3. The minimum absolute atomic E-state index is 0.165. The molecule has 0 saturated heterocycles. The lowest BCUT2D eigenvalue weighted by Crippen LogP contribution is -2.45. The molecule has 2 rings (SSSR count). The van der Waals surface area contributed by atoms with Crippen LogP contribution in [0.1, 0.15) is 26.7 Å². The maximum atomic E-state index is 9.47. The van der Waals surface area contributed by atoms with Gasteiger partial charge < -0.3 is 19.9 Å². The maximum Gasteiger partial charge on any atom is 0.162 e. The molecule has 1 aromatic rings. The van der Waals surface area contributed by atoms with Crippen molar-refractivity contribution in [1.29, 1.82) is 0 Å². The lowest BCUT2D eigenvalue weighted by atomic mass is 9.97.